The number of fused-ring (bicyclic) bond motifs is 3. The van der Waals surface area contributed by atoms with E-state index in [-0.39, 0.29) is 0 Å². The molecule has 31 heavy (non-hydrogen) atoms. The molecule has 3 heterocycles. The van der Waals surface area contributed by atoms with Gasteiger partial charge in [-0.3, -0.25) is 0 Å². The number of hydrogen-bond acceptors (Lipinski definition) is 4. The quantitative estimate of drug-likeness (QED) is 0.465. The van der Waals surface area contributed by atoms with Gasteiger partial charge < -0.3 is 24.3 Å². The van der Waals surface area contributed by atoms with Crippen LogP contribution in [0.2, 0.25) is 0 Å². The van der Waals surface area contributed by atoms with Gasteiger partial charge >= 0.3 is 0 Å². The van der Waals surface area contributed by atoms with Crippen molar-refractivity contribution < 1.29 is 9.47 Å². The summed E-state index contributed by atoms with van der Waals surface area (Å²) in [6.07, 6.45) is 7.58. The molecule has 2 fully saturated rings. The molecule has 1 aromatic heterocycles. The van der Waals surface area contributed by atoms with Crippen molar-refractivity contribution >= 4 is 21.8 Å². The molecular formula is C26H35N3O2. The summed E-state index contributed by atoms with van der Waals surface area (Å²) in [4.78, 5) is 8.61. The summed E-state index contributed by atoms with van der Waals surface area (Å²) in [6.45, 7) is 8.87. The second kappa shape index (κ2) is 9.92. The molecule has 5 heteroatoms. The second-order valence-electron chi connectivity index (χ2n) is 9.04. The van der Waals surface area contributed by atoms with Crippen LogP contribution in [0.3, 0.4) is 0 Å². The van der Waals surface area contributed by atoms with E-state index in [9.17, 15) is 0 Å². The number of H-pyrrole nitrogens is 1. The standard InChI is InChI=1S/C26H35N3O2/c1-2-12-28(11-1)15-5-17-30-21-8-10-25-24(19-21)23-9-7-22(20-26(23)27-25)31-18-6-16-29-13-3-4-14-29/h7-10,19-20,27H,1-6,11-18H2. The molecular weight excluding hydrogens is 386 g/mol. The number of likely N-dealkylation sites (tertiary alicyclic amines) is 2. The molecule has 0 atom stereocenters. The molecule has 166 valence electrons. The van der Waals surface area contributed by atoms with E-state index in [1.165, 1.54) is 62.6 Å². The highest BCUT2D eigenvalue weighted by Gasteiger charge is 2.12. The third kappa shape index (κ3) is 5.16. The SMILES string of the molecule is c1cc2c(cc1OCCCN1CCCC1)[nH]c1ccc(OCCCN3CCCC3)cc12. The maximum Gasteiger partial charge on any atom is 0.121 e. The molecule has 0 aliphatic carbocycles. The average Bonchev–Trinajstić information content (AvgIpc) is 3.55. The topological polar surface area (TPSA) is 40.7 Å². The zero-order valence-electron chi connectivity index (χ0n) is 18.6. The Hall–Kier alpha value is -2.24. The normalized spacial score (nSPS) is 17.8. The van der Waals surface area contributed by atoms with Crippen LogP contribution in [0.5, 0.6) is 11.5 Å². The first-order chi connectivity index (χ1) is 15.3. The number of aromatic nitrogens is 1. The number of nitrogens with one attached hydrogen (secondary N) is 1. The Balaban J connectivity index is 1.17. The molecule has 0 bridgehead atoms. The number of aromatic amines is 1. The van der Waals surface area contributed by atoms with E-state index in [1.54, 1.807) is 0 Å². The van der Waals surface area contributed by atoms with Gasteiger partial charge in [0.15, 0.2) is 0 Å². The van der Waals surface area contributed by atoms with Crippen LogP contribution in [0.15, 0.2) is 36.4 Å². The Kier molecular flexibility index (Phi) is 6.61. The molecule has 2 aliphatic heterocycles. The first-order valence-electron chi connectivity index (χ1n) is 12.1. The average molecular weight is 422 g/mol. The van der Waals surface area contributed by atoms with E-state index in [2.05, 4.69) is 51.2 Å². The maximum absolute atomic E-state index is 6.05. The molecule has 2 aliphatic rings. The van der Waals surface area contributed by atoms with Gasteiger partial charge in [-0.05, 0) is 95.0 Å². The molecule has 1 N–H and O–H groups in total. The van der Waals surface area contributed by atoms with Gasteiger partial charge in [-0.1, -0.05) is 0 Å². The zero-order valence-corrected chi connectivity index (χ0v) is 18.6. The fraction of sp³-hybridized carbons (Fsp3) is 0.538. The van der Waals surface area contributed by atoms with Gasteiger partial charge in [-0.2, -0.15) is 0 Å². The van der Waals surface area contributed by atoms with Crippen molar-refractivity contribution in [2.45, 2.75) is 38.5 Å². The lowest BCUT2D eigenvalue weighted by Gasteiger charge is -2.14. The number of nitrogens with zero attached hydrogens (tertiary/aromatic N) is 2. The van der Waals surface area contributed by atoms with Crippen molar-refractivity contribution in [3.63, 3.8) is 0 Å². The summed E-state index contributed by atoms with van der Waals surface area (Å²) in [5, 5.41) is 2.44. The van der Waals surface area contributed by atoms with Crippen LogP contribution in [0.1, 0.15) is 38.5 Å². The predicted molar refractivity (Wildman–Crippen MR) is 127 cm³/mol. The highest BCUT2D eigenvalue weighted by molar-refractivity contribution is 6.08. The number of hydrogen-bond donors (Lipinski definition) is 1. The van der Waals surface area contributed by atoms with Gasteiger partial charge in [0, 0.05) is 35.4 Å². The van der Waals surface area contributed by atoms with Crippen molar-refractivity contribution in [2.75, 3.05) is 52.5 Å². The molecule has 5 nitrogen and oxygen atoms in total. The van der Waals surface area contributed by atoms with E-state index in [4.69, 9.17) is 9.47 Å². The van der Waals surface area contributed by atoms with E-state index in [0.29, 0.717) is 0 Å². The summed E-state index contributed by atoms with van der Waals surface area (Å²) < 4.78 is 12.1. The molecule has 0 radical (unpaired) electrons. The summed E-state index contributed by atoms with van der Waals surface area (Å²) in [5.74, 6) is 1.90. The summed E-state index contributed by atoms with van der Waals surface area (Å²) in [7, 11) is 0. The maximum atomic E-state index is 6.05. The molecule has 2 saturated heterocycles. The van der Waals surface area contributed by atoms with E-state index < -0.39 is 0 Å². The molecule has 0 amide bonds. The summed E-state index contributed by atoms with van der Waals surface area (Å²) in [5.41, 5.74) is 2.27. The lowest BCUT2D eigenvalue weighted by molar-refractivity contribution is 0.263. The molecule has 3 aromatic rings. The highest BCUT2D eigenvalue weighted by atomic mass is 16.5. The molecule has 0 unspecified atom stereocenters. The van der Waals surface area contributed by atoms with Crippen LogP contribution in [0, 0.1) is 0 Å². The van der Waals surface area contributed by atoms with Crippen LogP contribution < -0.4 is 9.47 Å². The molecule has 0 saturated carbocycles. The lowest BCUT2D eigenvalue weighted by Crippen LogP contribution is -2.21. The fourth-order valence-corrected chi connectivity index (χ4v) is 5.01. The Morgan fingerprint density at radius 3 is 1.87 bits per heavy atom. The summed E-state index contributed by atoms with van der Waals surface area (Å²) in [6, 6.07) is 12.8. The van der Waals surface area contributed by atoms with Gasteiger partial charge in [0.05, 0.1) is 18.7 Å². The monoisotopic (exact) mass is 421 g/mol. The van der Waals surface area contributed by atoms with Gasteiger partial charge in [0.2, 0.25) is 0 Å². The van der Waals surface area contributed by atoms with Crippen LogP contribution >= 0.6 is 0 Å². The van der Waals surface area contributed by atoms with Crippen LogP contribution in [-0.4, -0.2) is 67.3 Å². The molecule has 5 rings (SSSR count). The van der Waals surface area contributed by atoms with Crippen molar-refractivity contribution in [3.8, 4) is 11.5 Å². The Morgan fingerprint density at radius 1 is 0.645 bits per heavy atom. The number of ether oxygens (including phenoxy) is 2. The Morgan fingerprint density at radius 2 is 1.23 bits per heavy atom. The van der Waals surface area contributed by atoms with Crippen molar-refractivity contribution in [1.82, 2.24) is 14.8 Å². The van der Waals surface area contributed by atoms with Crippen LogP contribution in [0.25, 0.3) is 21.8 Å². The lowest BCUT2D eigenvalue weighted by atomic mass is 10.1. The molecule has 0 spiro atoms. The second-order valence-corrected chi connectivity index (χ2v) is 9.04. The van der Waals surface area contributed by atoms with Crippen LogP contribution in [-0.2, 0) is 0 Å². The van der Waals surface area contributed by atoms with Gasteiger partial charge in [-0.15, -0.1) is 0 Å². The van der Waals surface area contributed by atoms with Crippen molar-refractivity contribution in [1.29, 1.82) is 0 Å². The minimum Gasteiger partial charge on any atom is -0.494 e. The predicted octanol–water partition coefficient (Wildman–Crippen LogP) is 5.05. The summed E-state index contributed by atoms with van der Waals surface area (Å²) >= 11 is 0. The third-order valence-electron chi connectivity index (χ3n) is 6.71. The third-order valence-corrected chi connectivity index (χ3v) is 6.71. The minimum atomic E-state index is 0.775. The fourth-order valence-electron chi connectivity index (χ4n) is 5.01. The first-order valence-corrected chi connectivity index (χ1v) is 12.1. The van der Waals surface area contributed by atoms with Crippen LogP contribution in [0.4, 0.5) is 0 Å². The first kappa shape index (κ1) is 20.7. The minimum absolute atomic E-state index is 0.775. The van der Waals surface area contributed by atoms with Gasteiger partial charge in [0.1, 0.15) is 11.5 Å². The number of benzene rings is 2. The Bertz CT molecular complexity index is 987. The highest BCUT2D eigenvalue weighted by Crippen LogP contribution is 2.31. The van der Waals surface area contributed by atoms with Crippen molar-refractivity contribution in [2.24, 2.45) is 0 Å². The Labute approximate surface area is 185 Å². The molecule has 2 aromatic carbocycles. The largest absolute Gasteiger partial charge is 0.494 e. The van der Waals surface area contributed by atoms with Gasteiger partial charge in [0.25, 0.3) is 0 Å². The van der Waals surface area contributed by atoms with E-state index >= 15 is 0 Å². The smallest absolute Gasteiger partial charge is 0.121 e. The van der Waals surface area contributed by atoms with E-state index in [1.807, 2.05) is 0 Å². The zero-order chi connectivity index (χ0) is 20.9. The number of rotatable bonds is 10. The van der Waals surface area contributed by atoms with Gasteiger partial charge in [-0.25, -0.2) is 0 Å². The van der Waals surface area contributed by atoms with Crippen molar-refractivity contribution in [3.05, 3.63) is 36.4 Å². The van der Waals surface area contributed by atoms with E-state index in [0.717, 1.165) is 61.7 Å².